The van der Waals surface area contributed by atoms with Crippen LogP contribution in [0.3, 0.4) is 0 Å². The van der Waals surface area contributed by atoms with Crippen molar-refractivity contribution >= 4 is 6.29 Å². The predicted octanol–water partition coefficient (Wildman–Crippen LogP) is 3.66. The van der Waals surface area contributed by atoms with Gasteiger partial charge in [-0.3, -0.25) is 4.79 Å². The number of carbonyl (C=O) groups excluding carboxylic acids is 1. The zero-order valence-electron chi connectivity index (χ0n) is 8.54. The Kier molecular flexibility index (Phi) is 10.4. The van der Waals surface area contributed by atoms with Crippen LogP contribution < -0.4 is 0 Å². The lowest BCUT2D eigenvalue weighted by Gasteiger charge is -1.95. The zero-order chi connectivity index (χ0) is 9.78. The summed E-state index contributed by atoms with van der Waals surface area (Å²) in [5.74, 6) is 0. The van der Waals surface area contributed by atoms with Gasteiger partial charge in [-0.2, -0.15) is 0 Å². The van der Waals surface area contributed by atoms with E-state index in [1.165, 1.54) is 38.2 Å². The van der Waals surface area contributed by atoms with Crippen LogP contribution in [0.2, 0.25) is 0 Å². The Bertz CT molecular complexity index is 157. The maximum atomic E-state index is 9.89. The molecular weight excluding hydrogens is 160 g/mol. The second-order valence-electron chi connectivity index (χ2n) is 3.15. The van der Waals surface area contributed by atoms with Crippen LogP contribution in [0.25, 0.3) is 0 Å². The summed E-state index contributed by atoms with van der Waals surface area (Å²) in [4.78, 5) is 9.89. The normalized spacial score (nSPS) is 11.5. The molecule has 0 aromatic rings. The largest absolute Gasteiger partial charge is 0.299 e. The third-order valence-electron chi connectivity index (χ3n) is 1.91. The van der Waals surface area contributed by atoms with Crippen LogP contribution in [0.5, 0.6) is 0 Å². The molecule has 1 heteroatoms. The van der Waals surface area contributed by atoms with Gasteiger partial charge < -0.3 is 0 Å². The van der Waals surface area contributed by atoms with Crippen molar-refractivity contribution in [3.8, 4) is 0 Å². The van der Waals surface area contributed by atoms with E-state index in [9.17, 15) is 4.79 Å². The van der Waals surface area contributed by atoms with Gasteiger partial charge in [-0.15, -0.1) is 0 Å². The minimum absolute atomic E-state index is 0.797. The van der Waals surface area contributed by atoms with Gasteiger partial charge in [0.05, 0.1) is 0 Å². The summed E-state index contributed by atoms with van der Waals surface area (Å²) < 4.78 is 0. The molecule has 0 aliphatic heterocycles. The Balaban J connectivity index is 3.10. The van der Waals surface area contributed by atoms with Crippen LogP contribution in [0.4, 0.5) is 0 Å². The molecule has 0 N–H and O–H groups in total. The van der Waals surface area contributed by atoms with E-state index in [0.717, 1.165) is 12.7 Å². The summed E-state index contributed by atoms with van der Waals surface area (Å²) in [6.07, 6.45) is 15.9. The molecule has 13 heavy (non-hydrogen) atoms. The second kappa shape index (κ2) is 11.2. The third kappa shape index (κ3) is 11.1. The Morgan fingerprint density at radius 1 is 0.923 bits per heavy atom. The molecule has 0 rings (SSSR count). The fraction of sp³-hybridized carbons (Fsp3) is 0.583. The number of allylic oxidation sites excluding steroid dienone is 4. The minimum Gasteiger partial charge on any atom is -0.299 e. The summed E-state index contributed by atoms with van der Waals surface area (Å²) in [5, 5.41) is 0. The first-order valence-electron chi connectivity index (χ1n) is 5.18. The summed E-state index contributed by atoms with van der Waals surface area (Å²) in [7, 11) is 0. The van der Waals surface area contributed by atoms with Crippen LogP contribution in [-0.2, 0) is 4.79 Å². The molecule has 0 aromatic carbocycles. The Morgan fingerprint density at radius 3 is 2.38 bits per heavy atom. The second-order valence-corrected chi connectivity index (χ2v) is 3.15. The number of aldehydes is 1. The molecule has 0 amide bonds. The van der Waals surface area contributed by atoms with Crippen molar-refractivity contribution in [1.29, 1.82) is 0 Å². The average molecular weight is 180 g/mol. The van der Waals surface area contributed by atoms with Gasteiger partial charge in [-0.1, -0.05) is 50.8 Å². The first kappa shape index (κ1) is 12.2. The summed E-state index contributed by atoms with van der Waals surface area (Å²) in [6, 6.07) is 0. The van der Waals surface area contributed by atoms with Crippen LogP contribution in [-0.4, -0.2) is 6.29 Å². The molecule has 0 unspecified atom stereocenters. The van der Waals surface area contributed by atoms with Gasteiger partial charge in [0.15, 0.2) is 0 Å². The molecule has 0 saturated heterocycles. The van der Waals surface area contributed by atoms with Gasteiger partial charge in [-0.25, -0.2) is 0 Å². The molecule has 0 heterocycles. The molecule has 1 nitrogen and oxygen atoms in total. The van der Waals surface area contributed by atoms with E-state index in [4.69, 9.17) is 0 Å². The molecule has 0 saturated carbocycles. The quantitative estimate of drug-likeness (QED) is 0.241. The fourth-order valence-electron chi connectivity index (χ4n) is 1.15. The highest BCUT2D eigenvalue weighted by Crippen LogP contribution is 2.05. The summed E-state index contributed by atoms with van der Waals surface area (Å²) in [6.45, 7) is 2.23. The van der Waals surface area contributed by atoms with E-state index >= 15 is 0 Å². The van der Waals surface area contributed by atoms with Gasteiger partial charge >= 0.3 is 0 Å². The highest BCUT2D eigenvalue weighted by Gasteiger charge is 1.85. The van der Waals surface area contributed by atoms with Crippen LogP contribution in [0.1, 0.15) is 45.4 Å². The average Bonchev–Trinajstić information content (AvgIpc) is 2.16. The SMILES string of the molecule is CCCCCCC/C=C/C=C/C=O. The van der Waals surface area contributed by atoms with E-state index in [2.05, 4.69) is 13.0 Å². The highest BCUT2D eigenvalue weighted by molar-refractivity contribution is 5.65. The van der Waals surface area contributed by atoms with E-state index in [1.807, 2.05) is 6.08 Å². The van der Waals surface area contributed by atoms with E-state index < -0.39 is 0 Å². The van der Waals surface area contributed by atoms with Gasteiger partial charge in [0.1, 0.15) is 6.29 Å². The van der Waals surface area contributed by atoms with E-state index in [0.29, 0.717) is 0 Å². The Morgan fingerprint density at radius 2 is 1.69 bits per heavy atom. The van der Waals surface area contributed by atoms with Crippen LogP contribution in [0, 0.1) is 0 Å². The molecule has 0 aromatic heterocycles. The molecule has 0 bridgehead atoms. The van der Waals surface area contributed by atoms with Gasteiger partial charge in [0, 0.05) is 0 Å². The molecule has 0 aliphatic rings. The monoisotopic (exact) mass is 180 g/mol. The van der Waals surface area contributed by atoms with Crippen molar-refractivity contribution in [1.82, 2.24) is 0 Å². The summed E-state index contributed by atoms with van der Waals surface area (Å²) in [5.41, 5.74) is 0. The molecule has 0 fully saturated rings. The van der Waals surface area contributed by atoms with Crippen molar-refractivity contribution in [2.75, 3.05) is 0 Å². The molecule has 0 radical (unpaired) electrons. The lowest BCUT2D eigenvalue weighted by Crippen LogP contribution is -1.75. The fourth-order valence-corrected chi connectivity index (χ4v) is 1.15. The number of hydrogen-bond donors (Lipinski definition) is 0. The van der Waals surface area contributed by atoms with Crippen molar-refractivity contribution in [3.05, 3.63) is 24.3 Å². The zero-order valence-corrected chi connectivity index (χ0v) is 8.54. The Hall–Kier alpha value is -0.850. The molecule has 0 aliphatic carbocycles. The maximum Gasteiger partial charge on any atom is 0.142 e. The number of hydrogen-bond acceptors (Lipinski definition) is 1. The standard InChI is InChI=1S/C12H20O/c1-2-3-4-5-6-7-8-9-10-11-12-13/h8-12H,2-7H2,1H3/b9-8+,11-10+. The van der Waals surface area contributed by atoms with E-state index in [1.54, 1.807) is 6.08 Å². The maximum absolute atomic E-state index is 9.89. The van der Waals surface area contributed by atoms with Gasteiger partial charge in [-0.05, 0) is 18.9 Å². The first-order valence-corrected chi connectivity index (χ1v) is 5.18. The van der Waals surface area contributed by atoms with Crippen molar-refractivity contribution in [2.45, 2.75) is 45.4 Å². The predicted molar refractivity (Wildman–Crippen MR) is 57.7 cm³/mol. The number of unbranched alkanes of at least 4 members (excludes halogenated alkanes) is 5. The number of carbonyl (C=O) groups is 1. The highest BCUT2D eigenvalue weighted by atomic mass is 16.1. The number of rotatable bonds is 8. The van der Waals surface area contributed by atoms with Crippen molar-refractivity contribution in [3.63, 3.8) is 0 Å². The van der Waals surface area contributed by atoms with Crippen LogP contribution >= 0.6 is 0 Å². The summed E-state index contributed by atoms with van der Waals surface area (Å²) >= 11 is 0. The smallest absolute Gasteiger partial charge is 0.142 e. The van der Waals surface area contributed by atoms with E-state index in [-0.39, 0.29) is 0 Å². The van der Waals surface area contributed by atoms with Crippen molar-refractivity contribution in [2.24, 2.45) is 0 Å². The third-order valence-corrected chi connectivity index (χ3v) is 1.91. The lowest BCUT2D eigenvalue weighted by atomic mass is 10.1. The minimum atomic E-state index is 0.797. The Labute approximate surface area is 81.5 Å². The van der Waals surface area contributed by atoms with Crippen molar-refractivity contribution < 1.29 is 4.79 Å². The first-order chi connectivity index (χ1) is 6.41. The molecule has 0 atom stereocenters. The molecule has 0 spiro atoms. The van der Waals surface area contributed by atoms with Crippen LogP contribution in [0.15, 0.2) is 24.3 Å². The lowest BCUT2D eigenvalue weighted by molar-refractivity contribution is -0.104. The molecular formula is C12H20O. The molecule has 74 valence electrons. The topological polar surface area (TPSA) is 17.1 Å². The van der Waals surface area contributed by atoms with Gasteiger partial charge in [0.25, 0.3) is 0 Å². The van der Waals surface area contributed by atoms with Gasteiger partial charge in [0.2, 0.25) is 0 Å².